The summed E-state index contributed by atoms with van der Waals surface area (Å²) in [6, 6.07) is 10.3. The third kappa shape index (κ3) is 159. The van der Waals surface area contributed by atoms with Crippen LogP contribution in [0.1, 0.15) is 33.3 Å². The van der Waals surface area contributed by atoms with Crippen molar-refractivity contribution in [2.75, 3.05) is 13.1 Å². The van der Waals surface area contributed by atoms with Crippen LogP contribution in [0, 0.1) is 5.41 Å². The van der Waals surface area contributed by atoms with Gasteiger partial charge in [0.05, 0.1) is 5.16 Å². The molecule has 0 aliphatic heterocycles. The van der Waals surface area contributed by atoms with Gasteiger partial charge in [-0.3, -0.25) is 19.2 Å². The Balaban J connectivity index is -0.0000000666. The molecular formula is C18H31CdN3O8S. The minimum Gasteiger partial charge on any atom is -0.481 e. The van der Waals surface area contributed by atoms with Crippen LogP contribution >= 0.6 is 12.2 Å². The zero-order chi connectivity index (χ0) is 25.0. The van der Waals surface area contributed by atoms with E-state index in [2.05, 4.69) is 29.7 Å². The summed E-state index contributed by atoms with van der Waals surface area (Å²) in [6.07, 6.45) is 0. The van der Waals surface area contributed by atoms with Crippen molar-refractivity contribution >= 4 is 41.3 Å². The molecular weight excluding hydrogens is 531 g/mol. The molecule has 1 aromatic carbocycles. The van der Waals surface area contributed by atoms with E-state index in [-0.39, 0.29) is 27.3 Å². The van der Waals surface area contributed by atoms with Crippen LogP contribution in [0.25, 0.3) is 0 Å². The molecule has 0 aliphatic rings. The molecule has 8 N–H and O–H groups in total. The first-order chi connectivity index (χ1) is 13.8. The zero-order valence-corrected chi connectivity index (χ0v) is 23.0. The van der Waals surface area contributed by atoms with Gasteiger partial charge in [0.1, 0.15) is 0 Å². The van der Waals surface area contributed by atoms with Crippen molar-refractivity contribution in [1.29, 1.82) is 5.41 Å². The molecule has 0 saturated heterocycles. The van der Waals surface area contributed by atoms with Gasteiger partial charge in [-0.15, -0.1) is 0 Å². The molecule has 1 rings (SSSR count). The van der Waals surface area contributed by atoms with Gasteiger partial charge in [0.2, 0.25) is 0 Å². The van der Waals surface area contributed by atoms with Gasteiger partial charge in [-0.2, -0.15) is 0 Å². The number of carbonyl (C=O) groups is 4. The van der Waals surface area contributed by atoms with Crippen molar-refractivity contribution in [2.45, 2.75) is 34.2 Å². The molecule has 0 aromatic heterocycles. The van der Waals surface area contributed by atoms with Gasteiger partial charge < -0.3 is 31.5 Å². The largest absolute Gasteiger partial charge is 0.481 e. The van der Waals surface area contributed by atoms with E-state index in [0.717, 1.165) is 40.8 Å². The maximum Gasteiger partial charge on any atom is 0.300 e. The summed E-state index contributed by atoms with van der Waals surface area (Å²) in [4.78, 5) is 36.0. The fourth-order valence-electron chi connectivity index (χ4n) is 0.931. The SMILES string of the molecule is CC(=O)O.CC(=O)O.CC(=O)O.CC(=O)O.N=C=S.NCCNCc1ccccc1.[Cd]. The Bertz CT molecular complexity index is 535. The molecule has 0 atom stereocenters. The van der Waals surface area contributed by atoms with Crippen molar-refractivity contribution in [1.82, 2.24) is 5.32 Å². The maximum absolute atomic E-state index is 9.00. The van der Waals surface area contributed by atoms with Crippen molar-refractivity contribution < 1.29 is 66.9 Å². The van der Waals surface area contributed by atoms with Gasteiger partial charge in [0.15, 0.2) is 0 Å². The number of hydrogen-bond acceptors (Lipinski definition) is 8. The number of isothiocyanates is 1. The fraction of sp³-hybridized carbons (Fsp3) is 0.389. The van der Waals surface area contributed by atoms with E-state index in [1.54, 1.807) is 5.16 Å². The minimum atomic E-state index is -0.833. The van der Waals surface area contributed by atoms with Gasteiger partial charge in [0, 0.05) is 74.6 Å². The average Bonchev–Trinajstić information content (AvgIpc) is 2.55. The minimum absolute atomic E-state index is 0. The molecule has 0 spiro atoms. The molecule has 31 heavy (non-hydrogen) atoms. The number of nitrogens with one attached hydrogen (secondary N) is 2. The first-order valence-corrected chi connectivity index (χ1v) is 8.45. The molecule has 0 radical (unpaired) electrons. The summed E-state index contributed by atoms with van der Waals surface area (Å²) in [5.41, 5.74) is 6.64. The second-order valence-electron chi connectivity index (χ2n) is 4.63. The Morgan fingerprint density at radius 3 is 1.39 bits per heavy atom. The second kappa shape index (κ2) is 38.4. The molecule has 0 bridgehead atoms. The van der Waals surface area contributed by atoms with Crippen molar-refractivity contribution in [3.8, 4) is 0 Å². The maximum atomic E-state index is 9.00. The normalized spacial score (nSPS) is 7.00. The standard InChI is InChI=1S/C9H14N2.4C2H4O2.CHNS.Cd/c10-6-7-11-8-9-4-2-1-3-5-9;4*1-2(3)4;2-1-3;/h1-5,11H,6-8,10H2;4*1H3,(H,3,4);2H;. The van der Waals surface area contributed by atoms with Crippen LogP contribution in [0.3, 0.4) is 0 Å². The molecule has 0 saturated carbocycles. The van der Waals surface area contributed by atoms with Crippen LogP contribution in [0.5, 0.6) is 0 Å². The van der Waals surface area contributed by atoms with Gasteiger partial charge >= 0.3 is 0 Å². The molecule has 0 amide bonds. The quantitative estimate of drug-likeness (QED) is 0.122. The first kappa shape index (κ1) is 42.8. The number of aliphatic carboxylic acids is 4. The molecule has 174 valence electrons. The smallest absolute Gasteiger partial charge is 0.300 e. The van der Waals surface area contributed by atoms with E-state index >= 15 is 0 Å². The fourth-order valence-corrected chi connectivity index (χ4v) is 0.931. The molecule has 1 aromatic rings. The second-order valence-corrected chi connectivity index (χ2v) is 4.83. The summed E-state index contributed by atoms with van der Waals surface area (Å²) in [7, 11) is 0. The molecule has 0 heterocycles. The summed E-state index contributed by atoms with van der Waals surface area (Å²) < 4.78 is 0. The summed E-state index contributed by atoms with van der Waals surface area (Å²) in [5, 5.41) is 40.2. The zero-order valence-electron chi connectivity index (χ0n) is 18.1. The third-order valence-electron chi connectivity index (χ3n) is 1.49. The third-order valence-corrected chi connectivity index (χ3v) is 1.49. The predicted molar refractivity (Wildman–Crippen MR) is 116 cm³/mol. The molecule has 0 aliphatic carbocycles. The van der Waals surface area contributed by atoms with Gasteiger partial charge in [-0.25, -0.2) is 5.41 Å². The van der Waals surface area contributed by atoms with E-state index in [1.165, 1.54) is 5.56 Å². The number of benzene rings is 1. The number of carboxylic acid groups (broad SMARTS) is 4. The van der Waals surface area contributed by atoms with E-state index < -0.39 is 23.9 Å². The number of thiocarbonyl (C=S) groups is 1. The Morgan fingerprint density at radius 2 is 1.16 bits per heavy atom. The van der Waals surface area contributed by atoms with Crippen LogP contribution in [0.4, 0.5) is 0 Å². The number of nitrogens with two attached hydrogens (primary N) is 1. The van der Waals surface area contributed by atoms with Crippen LogP contribution in [-0.2, 0) is 53.0 Å². The van der Waals surface area contributed by atoms with Gasteiger partial charge in [-0.1, -0.05) is 30.3 Å². The number of hydrogen-bond donors (Lipinski definition) is 7. The van der Waals surface area contributed by atoms with Crippen molar-refractivity contribution in [3.63, 3.8) is 0 Å². The summed E-state index contributed by atoms with van der Waals surface area (Å²) in [5.74, 6) is -3.33. The van der Waals surface area contributed by atoms with Gasteiger partial charge in [-0.05, 0) is 17.8 Å². The van der Waals surface area contributed by atoms with Crippen molar-refractivity contribution in [3.05, 3.63) is 35.9 Å². The monoisotopic (exact) mass is 563 g/mol. The topological polar surface area (TPSA) is 211 Å². The predicted octanol–water partition coefficient (Wildman–Crippen LogP) is 1.76. The number of carboxylic acids is 4. The van der Waals surface area contributed by atoms with Gasteiger partial charge in [0.25, 0.3) is 23.9 Å². The Kier molecular flexibility index (Phi) is 52.9. The molecule has 0 unspecified atom stereocenters. The van der Waals surface area contributed by atoms with Crippen molar-refractivity contribution in [2.24, 2.45) is 5.73 Å². The van der Waals surface area contributed by atoms with E-state index in [1.807, 2.05) is 18.2 Å². The first-order valence-electron chi connectivity index (χ1n) is 8.04. The van der Waals surface area contributed by atoms with Crippen LogP contribution in [0.15, 0.2) is 30.3 Å². The molecule has 13 heteroatoms. The van der Waals surface area contributed by atoms with E-state index in [4.69, 9.17) is 50.7 Å². The van der Waals surface area contributed by atoms with Crippen LogP contribution in [0.2, 0.25) is 0 Å². The molecule has 0 fully saturated rings. The summed E-state index contributed by atoms with van der Waals surface area (Å²) in [6.45, 7) is 6.83. The van der Waals surface area contributed by atoms with E-state index in [0.29, 0.717) is 6.54 Å². The van der Waals surface area contributed by atoms with E-state index in [9.17, 15) is 0 Å². The Labute approximate surface area is 207 Å². The number of rotatable bonds is 4. The molecule has 11 nitrogen and oxygen atoms in total. The Morgan fingerprint density at radius 1 is 0.903 bits per heavy atom. The van der Waals surface area contributed by atoms with Crippen LogP contribution < -0.4 is 11.1 Å². The van der Waals surface area contributed by atoms with Crippen LogP contribution in [-0.4, -0.2) is 62.6 Å². The summed E-state index contributed by atoms with van der Waals surface area (Å²) >= 11 is 3.81. The Hall–Kier alpha value is -2.26. The average molecular weight is 562 g/mol.